The summed E-state index contributed by atoms with van der Waals surface area (Å²) in [4.78, 5) is 26.8. The molecule has 0 aliphatic carbocycles. The first-order chi connectivity index (χ1) is 15.0. The smallest absolute Gasteiger partial charge is 0.239 e. The van der Waals surface area contributed by atoms with Gasteiger partial charge in [-0.1, -0.05) is 12.1 Å². The number of aromatic nitrogens is 1. The molecular formula is C23H27N3O5. The second-order valence-corrected chi connectivity index (χ2v) is 7.11. The van der Waals surface area contributed by atoms with Crippen molar-refractivity contribution in [3.8, 4) is 17.2 Å². The van der Waals surface area contributed by atoms with Crippen LogP contribution in [0.4, 0.5) is 0 Å². The second-order valence-electron chi connectivity index (χ2n) is 7.11. The molecule has 1 aliphatic heterocycles. The maximum atomic E-state index is 11.7. The molecule has 2 aromatic carbocycles. The lowest BCUT2D eigenvalue weighted by atomic mass is 10.1. The fraction of sp³-hybridized carbons (Fsp3) is 0.304. The van der Waals surface area contributed by atoms with Crippen molar-refractivity contribution < 1.29 is 23.8 Å². The fourth-order valence-corrected chi connectivity index (χ4v) is 3.30. The van der Waals surface area contributed by atoms with E-state index < -0.39 is 0 Å². The molecule has 0 unspecified atom stereocenters. The maximum absolute atomic E-state index is 11.7. The zero-order valence-corrected chi connectivity index (χ0v) is 17.9. The highest BCUT2D eigenvalue weighted by molar-refractivity contribution is 5.86. The number of fused-ring (bicyclic) bond motifs is 2. The molecule has 31 heavy (non-hydrogen) atoms. The lowest BCUT2D eigenvalue weighted by Crippen LogP contribution is -2.35. The van der Waals surface area contributed by atoms with Crippen molar-refractivity contribution in [2.45, 2.75) is 13.3 Å². The normalized spacial score (nSPS) is 11.5. The highest BCUT2D eigenvalue weighted by Crippen LogP contribution is 2.30. The van der Waals surface area contributed by atoms with Crippen molar-refractivity contribution in [1.82, 2.24) is 15.2 Å². The minimum Gasteiger partial charge on any atom is -0.497 e. The third kappa shape index (κ3) is 5.69. The van der Waals surface area contributed by atoms with Crippen molar-refractivity contribution >= 4 is 23.2 Å². The summed E-state index contributed by atoms with van der Waals surface area (Å²) in [5.41, 5.74) is 3.31. The van der Waals surface area contributed by atoms with E-state index in [4.69, 9.17) is 14.2 Å². The van der Waals surface area contributed by atoms with Crippen LogP contribution >= 0.6 is 0 Å². The van der Waals surface area contributed by atoms with E-state index in [1.54, 1.807) is 14.2 Å². The number of carbonyl (C=O) groups excluding carboxylic acids is 2. The molecule has 4 rings (SSSR count). The van der Waals surface area contributed by atoms with Crippen molar-refractivity contribution in [2.24, 2.45) is 0 Å². The Morgan fingerprint density at radius 1 is 1.23 bits per heavy atom. The molecule has 8 nitrogen and oxygen atoms in total. The van der Waals surface area contributed by atoms with Crippen molar-refractivity contribution in [1.29, 1.82) is 0 Å². The number of aryl methyl sites for hydroxylation is 1. The average Bonchev–Trinajstić information content (AvgIpc) is 3.38. The highest BCUT2D eigenvalue weighted by Gasteiger charge is 2.11. The van der Waals surface area contributed by atoms with E-state index in [0.29, 0.717) is 19.7 Å². The monoisotopic (exact) mass is 425 g/mol. The average molecular weight is 425 g/mol. The number of H-pyrrole nitrogens is 1. The summed E-state index contributed by atoms with van der Waals surface area (Å²) >= 11 is 0. The van der Waals surface area contributed by atoms with Gasteiger partial charge in [-0.2, -0.15) is 0 Å². The van der Waals surface area contributed by atoms with Gasteiger partial charge in [0, 0.05) is 30.2 Å². The standard InChI is InChI=1S/C16H21N3O3.C7H6O2/c1-11-13(6-7-17-16(21)9-19(2)10-20)14-8-12(22-3)4-5-15(14)18-11;1-2-4-7-6(3-1)8-5-9-7/h4-5,8,10,18H,6-7,9H2,1-3H3,(H,17,21);1-4H,5H2. The number of likely N-dealkylation sites (N-methyl/N-ethyl adjacent to an activating group) is 1. The van der Waals surface area contributed by atoms with Crippen molar-refractivity contribution in [3.05, 3.63) is 53.7 Å². The Kier molecular flexibility index (Phi) is 7.37. The minimum absolute atomic E-state index is 0.0736. The van der Waals surface area contributed by atoms with E-state index in [1.807, 2.05) is 49.4 Å². The molecule has 3 aromatic rings. The van der Waals surface area contributed by atoms with Gasteiger partial charge < -0.3 is 29.4 Å². The van der Waals surface area contributed by atoms with Crippen LogP contribution in [0.15, 0.2) is 42.5 Å². The molecule has 1 aromatic heterocycles. The van der Waals surface area contributed by atoms with Crippen LogP contribution in [0.1, 0.15) is 11.3 Å². The number of hydrogen-bond donors (Lipinski definition) is 2. The molecule has 0 spiro atoms. The van der Waals surface area contributed by atoms with Crippen LogP contribution in [0.2, 0.25) is 0 Å². The van der Waals surface area contributed by atoms with Crippen LogP contribution in [-0.2, 0) is 16.0 Å². The lowest BCUT2D eigenvalue weighted by Gasteiger charge is -2.10. The zero-order valence-electron chi connectivity index (χ0n) is 17.9. The van der Waals surface area contributed by atoms with Crippen LogP contribution in [0, 0.1) is 6.92 Å². The molecule has 2 N–H and O–H groups in total. The number of ether oxygens (including phenoxy) is 3. The number of methoxy groups -OCH3 is 1. The third-order valence-corrected chi connectivity index (χ3v) is 4.87. The molecule has 164 valence electrons. The number of nitrogens with one attached hydrogen (secondary N) is 2. The Labute approximate surface area is 181 Å². The maximum Gasteiger partial charge on any atom is 0.239 e. The van der Waals surface area contributed by atoms with Crippen LogP contribution < -0.4 is 19.5 Å². The van der Waals surface area contributed by atoms with Crippen LogP contribution in [-0.4, -0.2) is 56.2 Å². The molecule has 0 fully saturated rings. The van der Waals surface area contributed by atoms with E-state index in [1.165, 1.54) is 4.90 Å². The predicted octanol–water partition coefficient (Wildman–Crippen LogP) is 2.65. The van der Waals surface area contributed by atoms with Gasteiger partial charge in [-0.15, -0.1) is 0 Å². The summed E-state index contributed by atoms with van der Waals surface area (Å²) < 4.78 is 15.4. The van der Waals surface area contributed by atoms with Crippen LogP contribution in [0.3, 0.4) is 0 Å². The number of benzene rings is 2. The Bertz CT molecular complexity index is 1020. The van der Waals surface area contributed by atoms with Crippen molar-refractivity contribution in [2.75, 3.05) is 34.0 Å². The second kappa shape index (κ2) is 10.4. The third-order valence-electron chi connectivity index (χ3n) is 4.87. The van der Waals surface area contributed by atoms with E-state index in [-0.39, 0.29) is 12.5 Å². The first-order valence-corrected chi connectivity index (χ1v) is 9.94. The molecule has 2 heterocycles. The summed E-state index contributed by atoms with van der Waals surface area (Å²) in [6.07, 6.45) is 1.35. The van der Waals surface area contributed by atoms with Crippen molar-refractivity contribution in [3.63, 3.8) is 0 Å². The molecule has 0 saturated carbocycles. The number of carbonyl (C=O) groups is 2. The molecular weight excluding hydrogens is 398 g/mol. The number of aromatic amines is 1. The number of rotatable bonds is 7. The molecule has 1 aliphatic rings. The van der Waals surface area contributed by atoms with Gasteiger partial charge in [0.1, 0.15) is 5.75 Å². The Hall–Kier alpha value is -3.68. The predicted molar refractivity (Wildman–Crippen MR) is 118 cm³/mol. The van der Waals surface area contributed by atoms with Gasteiger partial charge in [0.05, 0.1) is 13.7 Å². The molecule has 2 amide bonds. The van der Waals surface area contributed by atoms with Crippen LogP contribution in [0.5, 0.6) is 17.2 Å². The van der Waals surface area contributed by atoms with Gasteiger partial charge in [0.2, 0.25) is 19.1 Å². The molecule has 0 atom stereocenters. The van der Waals surface area contributed by atoms with E-state index in [9.17, 15) is 9.59 Å². The molecule has 0 bridgehead atoms. The number of para-hydroxylation sites is 2. The molecule has 0 radical (unpaired) electrons. The summed E-state index contributed by atoms with van der Waals surface area (Å²) in [5.74, 6) is 2.34. The Balaban J connectivity index is 0.000000248. The first kappa shape index (κ1) is 22.0. The first-order valence-electron chi connectivity index (χ1n) is 9.94. The summed E-state index contributed by atoms with van der Waals surface area (Å²) in [6, 6.07) is 13.5. The largest absolute Gasteiger partial charge is 0.497 e. The quantitative estimate of drug-likeness (QED) is 0.568. The van der Waals surface area contributed by atoms with E-state index in [0.717, 1.165) is 45.8 Å². The molecule has 8 heteroatoms. The Morgan fingerprint density at radius 2 is 1.94 bits per heavy atom. The van der Waals surface area contributed by atoms with Gasteiger partial charge in [0.25, 0.3) is 0 Å². The number of amides is 2. The zero-order chi connectivity index (χ0) is 22.2. The fourth-order valence-electron chi connectivity index (χ4n) is 3.30. The molecule has 0 saturated heterocycles. The van der Waals surface area contributed by atoms with Gasteiger partial charge in [0.15, 0.2) is 11.5 Å². The lowest BCUT2D eigenvalue weighted by molar-refractivity contribution is -0.127. The highest BCUT2D eigenvalue weighted by atomic mass is 16.7. The van der Waals surface area contributed by atoms with Crippen LogP contribution in [0.25, 0.3) is 10.9 Å². The summed E-state index contributed by atoms with van der Waals surface area (Å²) in [5, 5.41) is 3.93. The number of hydrogen-bond acceptors (Lipinski definition) is 5. The summed E-state index contributed by atoms with van der Waals surface area (Å²) in [6.45, 7) is 2.98. The topological polar surface area (TPSA) is 92.9 Å². The minimum atomic E-state index is -0.162. The van der Waals surface area contributed by atoms with Gasteiger partial charge in [-0.05, 0) is 49.2 Å². The van der Waals surface area contributed by atoms with Gasteiger partial charge in [-0.25, -0.2) is 0 Å². The SMILES string of the molecule is COc1ccc2[nH]c(C)c(CCNC(=O)CN(C)C=O)c2c1.c1ccc2c(c1)OCO2. The van der Waals surface area contributed by atoms with E-state index in [2.05, 4.69) is 10.3 Å². The van der Waals surface area contributed by atoms with E-state index >= 15 is 0 Å². The van der Waals surface area contributed by atoms with Gasteiger partial charge in [-0.3, -0.25) is 9.59 Å². The summed E-state index contributed by atoms with van der Waals surface area (Å²) in [7, 11) is 3.22. The van der Waals surface area contributed by atoms with Gasteiger partial charge >= 0.3 is 0 Å². The number of nitrogens with zero attached hydrogens (tertiary/aromatic N) is 1. The Morgan fingerprint density at radius 3 is 2.58 bits per heavy atom.